The summed E-state index contributed by atoms with van der Waals surface area (Å²) in [6.07, 6.45) is 1.53. The molecule has 10 atom stereocenters. The van der Waals surface area contributed by atoms with Gasteiger partial charge in [-0.3, -0.25) is 0 Å². The first-order valence-corrected chi connectivity index (χ1v) is 7.07. The topological polar surface area (TPSA) is 40.5 Å². The lowest BCUT2D eigenvalue weighted by Gasteiger charge is -2.44. The molecule has 0 aromatic heterocycles. The number of hydrogen-bond acceptors (Lipinski definition) is 2. The van der Waals surface area contributed by atoms with Crippen molar-refractivity contribution in [2.24, 2.45) is 64.6 Å². The van der Waals surface area contributed by atoms with Gasteiger partial charge in [-0.2, -0.15) is 0 Å². The molecule has 0 saturated heterocycles. The van der Waals surface area contributed by atoms with E-state index in [1.54, 1.807) is 0 Å². The highest BCUT2D eigenvalue weighted by Gasteiger charge is 2.91. The minimum atomic E-state index is -0.0401. The van der Waals surface area contributed by atoms with Crippen LogP contribution in [0.2, 0.25) is 0 Å². The van der Waals surface area contributed by atoms with Gasteiger partial charge in [-0.25, -0.2) is 0 Å². The van der Waals surface area contributed by atoms with Crippen molar-refractivity contribution >= 4 is 0 Å². The van der Waals surface area contributed by atoms with Crippen molar-refractivity contribution in [3.8, 4) is 0 Å². The molecule has 7 fully saturated rings. The van der Waals surface area contributed by atoms with Crippen molar-refractivity contribution in [1.82, 2.24) is 0 Å². The Kier molecular flexibility index (Phi) is 0.966. The molecule has 4 bridgehead atoms. The fourth-order valence-electron chi connectivity index (χ4n) is 8.76. The molecule has 2 heteroatoms. The third-order valence-electron chi connectivity index (χ3n) is 8.32. The van der Waals surface area contributed by atoms with Gasteiger partial charge in [-0.05, 0) is 65.6 Å². The fraction of sp³-hybridized carbons (Fsp3) is 1.00. The molecule has 7 saturated carbocycles. The zero-order valence-corrected chi connectivity index (χ0v) is 9.29. The van der Waals surface area contributed by atoms with Gasteiger partial charge in [0.25, 0.3) is 0 Å². The number of aliphatic hydroxyl groups excluding tert-OH is 2. The summed E-state index contributed by atoms with van der Waals surface area (Å²) < 4.78 is 0. The first-order chi connectivity index (χ1) is 7.85. The van der Waals surface area contributed by atoms with Crippen LogP contribution in [-0.2, 0) is 0 Å². The smallest absolute Gasteiger partial charge is 0.0515 e. The van der Waals surface area contributed by atoms with Gasteiger partial charge in [0.15, 0.2) is 0 Å². The maximum atomic E-state index is 9.87. The fourth-order valence-corrected chi connectivity index (χ4v) is 8.76. The molecule has 0 radical (unpaired) electrons. The minimum Gasteiger partial charge on any atom is -0.396 e. The summed E-state index contributed by atoms with van der Waals surface area (Å²) in [5, 5.41) is 19.7. The Morgan fingerprint density at radius 3 is 1.69 bits per heavy atom. The Hall–Kier alpha value is -0.0800. The van der Waals surface area contributed by atoms with Crippen LogP contribution in [0.25, 0.3) is 0 Å². The summed E-state index contributed by atoms with van der Waals surface area (Å²) >= 11 is 0. The normalized spacial score (nSPS) is 76.9. The van der Waals surface area contributed by atoms with Gasteiger partial charge in [-0.15, -0.1) is 0 Å². The molecule has 0 amide bonds. The third-order valence-corrected chi connectivity index (χ3v) is 8.32. The van der Waals surface area contributed by atoms with E-state index in [1.807, 2.05) is 0 Å². The molecule has 0 aromatic carbocycles. The summed E-state index contributed by atoms with van der Waals surface area (Å²) in [4.78, 5) is 0. The second kappa shape index (κ2) is 1.91. The van der Waals surface area contributed by atoms with Gasteiger partial charge >= 0.3 is 0 Å². The van der Waals surface area contributed by atoms with E-state index in [0.717, 1.165) is 59.2 Å². The molecule has 0 heterocycles. The van der Waals surface area contributed by atoms with E-state index in [2.05, 4.69) is 0 Å². The van der Waals surface area contributed by atoms with Gasteiger partial charge in [0, 0.05) is 5.41 Å². The lowest BCUT2D eigenvalue weighted by Crippen LogP contribution is -2.41. The Balaban J connectivity index is 1.67. The minimum absolute atomic E-state index is 0.0401. The molecule has 0 aromatic rings. The molecule has 7 rings (SSSR count). The van der Waals surface area contributed by atoms with E-state index in [9.17, 15) is 10.2 Å². The summed E-state index contributed by atoms with van der Waals surface area (Å²) in [5.41, 5.74) is -0.0401. The van der Waals surface area contributed by atoms with Crippen molar-refractivity contribution in [2.45, 2.75) is 6.42 Å². The Morgan fingerprint density at radius 1 is 0.750 bits per heavy atom. The van der Waals surface area contributed by atoms with Gasteiger partial charge in [0.1, 0.15) is 0 Å². The van der Waals surface area contributed by atoms with Crippen molar-refractivity contribution in [3.63, 3.8) is 0 Å². The highest BCUT2D eigenvalue weighted by atomic mass is 16.3. The van der Waals surface area contributed by atoms with E-state index in [0.29, 0.717) is 0 Å². The average molecular weight is 218 g/mol. The largest absolute Gasteiger partial charge is 0.396 e. The summed E-state index contributed by atoms with van der Waals surface area (Å²) in [6, 6.07) is 0. The average Bonchev–Trinajstić information content (AvgIpc) is 2.88. The Labute approximate surface area is 95.0 Å². The van der Waals surface area contributed by atoms with Crippen LogP contribution in [0.3, 0.4) is 0 Å². The maximum absolute atomic E-state index is 9.87. The molecule has 86 valence electrons. The molecule has 0 aliphatic heterocycles. The highest BCUT2D eigenvalue weighted by molar-refractivity contribution is 5.38. The van der Waals surface area contributed by atoms with Crippen LogP contribution >= 0.6 is 0 Å². The second-order valence-electron chi connectivity index (χ2n) is 7.63. The Bertz CT molecular complexity index is 377. The summed E-state index contributed by atoms with van der Waals surface area (Å²) in [5.74, 6) is 9.33. The predicted molar refractivity (Wildman–Crippen MR) is 56.1 cm³/mol. The van der Waals surface area contributed by atoms with Crippen LogP contribution in [0, 0.1) is 64.6 Å². The first kappa shape index (κ1) is 8.10. The molecule has 0 unspecified atom stereocenters. The third kappa shape index (κ3) is 0.425. The van der Waals surface area contributed by atoms with Gasteiger partial charge in [0.2, 0.25) is 0 Å². The van der Waals surface area contributed by atoms with Crippen molar-refractivity contribution in [2.75, 3.05) is 13.2 Å². The van der Waals surface area contributed by atoms with Crippen LogP contribution in [-0.4, -0.2) is 23.4 Å². The van der Waals surface area contributed by atoms with E-state index < -0.39 is 0 Å². The molecule has 2 N–H and O–H groups in total. The maximum Gasteiger partial charge on any atom is 0.0515 e. The second-order valence-corrected chi connectivity index (χ2v) is 7.63. The van der Waals surface area contributed by atoms with Crippen LogP contribution in [0.5, 0.6) is 0 Å². The molecule has 16 heavy (non-hydrogen) atoms. The first-order valence-electron chi connectivity index (χ1n) is 7.07. The van der Waals surface area contributed by atoms with Crippen molar-refractivity contribution < 1.29 is 10.2 Å². The van der Waals surface area contributed by atoms with Gasteiger partial charge in [-0.1, -0.05) is 0 Å². The quantitative estimate of drug-likeness (QED) is 0.712. The van der Waals surface area contributed by atoms with Crippen LogP contribution in [0.4, 0.5) is 0 Å². The standard InChI is InChI=1S/C14H18O2/c15-2-14(3-16)12-8-4-1-5-7-6(4)10(12)11(7)13(14)9(5)8/h4-13,15-16H,1-3H2/t4-,5-,6+,7+,8+,9+,10-,11+,12+,13-/m0/s1. The van der Waals surface area contributed by atoms with Crippen LogP contribution in [0.1, 0.15) is 6.42 Å². The van der Waals surface area contributed by atoms with E-state index in [-0.39, 0.29) is 18.6 Å². The summed E-state index contributed by atoms with van der Waals surface area (Å²) in [6.45, 7) is 0.523. The zero-order valence-electron chi connectivity index (χ0n) is 9.29. The zero-order chi connectivity index (χ0) is 10.4. The molecule has 7 aliphatic carbocycles. The monoisotopic (exact) mass is 218 g/mol. The van der Waals surface area contributed by atoms with E-state index in [4.69, 9.17) is 0 Å². The molecular formula is C14H18O2. The van der Waals surface area contributed by atoms with Crippen molar-refractivity contribution in [1.29, 1.82) is 0 Å². The van der Waals surface area contributed by atoms with Gasteiger partial charge < -0.3 is 10.2 Å². The number of aliphatic hydroxyl groups is 2. The highest BCUT2D eigenvalue weighted by Crippen LogP contribution is 2.94. The lowest BCUT2D eigenvalue weighted by molar-refractivity contribution is 0.00446. The SMILES string of the molecule is OCC1(CO)[C@@H]2[C@@H]3[C@@H]4[C@@H]5C[C@H]6[C@H]4[C@@H]3[C@H]1[C@H]6[C@@H]52. The Morgan fingerprint density at radius 2 is 1.25 bits per heavy atom. The molecule has 0 spiro atoms. The van der Waals surface area contributed by atoms with Crippen molar-refractivity contribution in [3.05, 3.63) is 0 Å². The number of rotatable bonds is 2. The van der Waals surface area contributed by atoms with E-state index >= 15 is 0 Å². The van der Waals surface area contributed by atoms with Crippen LogP contribution in [0.15, 0.2) is 0 Å². The van der Waals surface area contributed by atoms with Gasteiger partial charge in [0.05, 0.1) is 13.2 Å². The molecule has 2 nitrogen and oxygen atoms in total. The molecule has 7 aliphatic rings. The summed E-state index contributed by atoms with van der Waals surface area (Å²) in [7, 11) is 0. The molecular weight excluding hydrogens is 200 g/mol. The lowest BCUT2D eigenvalue weighted by atomic mass is 9.60. The van der Waals surface area contributed by atoms with E-state index in [1.165, 1.54) is 6.42 Å². The number of hydrogen-bond donors (Lipinski definition) is 2. The van der Waals surface area contributed by atoms with Crippen LogP contribution < -0.4 is 0 Å². The predicted octanol–water partition coefficient (Wildman–Crippen LogP) is 0.591.